The Kier molecular flexibility index (Phi) is 3.74. The van der Waals surface area contributed by atoms with Gasteiger partial charge in [0, 0.05) is 29.5 Å². The molecule has 6 heteroatoms. The predicted molar refractivity (Wildman–Crippen MR) is 87.7 cm³/mol. The lowest BCUT2D eigenvalue weighted by atomic mass is 10.1. The summed E-state index contributed by atoms with van der Waals surface area (Å²) in [5.74, 6) is 0.335. The van der Waals surface area contributed by atoms with Crippen molar-refractivity contribution in [2.24, 2.45) is 0 Å². The van der Waals surface area contributed by atoms with Crippen LogP contribution in [-0.2, 0) is 6.42 Å². The molecule has 1 unspecified atom stereocenters. The van der Waals surface area contributed by atoms with Crippen LogP contribution in [0.2, 0.25) is 5.02 Å². The molecule has 114 valence electrons. The summed E-state index contributed by atoms with van der Waals surface area (Å²) in [6, 6.07) is 7.42. The highest BCUT2D eigenvalue weighted by Gasteiger charge is 2.32. The second kappa shape index (κ2) is 5.57. The largest absolute Gasteiger partial charge is 0.357 e. The minimum atomic E-state index is -0.115. The summed E-state index contributed by atoms with van der Waals surface area (Å²) < 4.78 is 0. The van der Waals surface area contributed by atoms with E-state index in [2.05, 4.69) is 15.3 Å². The van der Waals surface area contributed by atoms with Crippen LogP contribution >= 0.6 is 11.6 Å². The van der Waals surface area contributed by atoms with Crippen molar-refractivity contribution in [2.75, 3.05) is 17.3 Å². The number of nitrogens with one attached hydrogen (secondary N) is 1. The van der Waals surface area contributed by atoms with Gasteiger partial charge in [-0.15, -0.1) is 0 Å². The van der Waals surface area contributed by atoms with Crippen molar-refractivity contribution in [3.8, 4) is 0 Å². The number of rotatable bonds is 2. The first kappa shape index (κ1) is 14.8. The molecule has 2 aromatic rings. The van der Waals surface area contributed by atoms with E-state index in [4.69, 9.17) is 11.6 Å². The average Bonchev–Trinajstić information content (AvgIpc) is 2.80. The van der Waals surface area contributed by atoms with Crippen molar-refractivity contribution in [1.29, 1.82) is 0 Å². The Morgan fingerprint density at radius 1 is 1.36 bits per heavy atom. The topological polar surface area (TPSA) is 58.1 Å². The number of amides is 1. The lowest BCUT2D eigenvalue weighted by molar-refractivity contribution is 0.0976. The SMILES string of the molecule is CNc1nc(C)cc(C(=O)N2c3ccc(Cl)cc3CC2C)n1. The Morgan fingerprint density at radius 2 is 2.14 bits per heavy atom. The van der Waals surface area contributed by atoms with E-state index in [0.29, 0.717) is 16.7 Å². The number of halogens is 1. The maximum absolute atomic E-state index is 12.9. The molecule has 0 aliphatic carbocycles. The van der Waals surface area contributed by atoms with E-state index in [9.17, 15) is 4.79 Å². The fraction of sp³-hybridized carbons (Fsp3) is 0.312. The van der Waals surface area contributed by atoms with Gasteiger partial charge in [-0.3, -0.25) is 4.79 Å². The minimum absolute atomic E-state index is 0.0780. The lowest BCUT2D eigenvalue weighted by Gasteiger charge is -2.22. The van der Waals surface area contributed by atoms with Gasteiger partial charge in [0.15, 0.2) is 0 Å². The van der Waals surface area contributed by atoms with Crippen LogP contribution in [0, 0.1) is 6.92 Å². The van der Waals surface area contributed by atoms with Gasteiger partial charge in [-0.25, -0.2) is 9.97 Å². The van der Waals surface area contributed by atoms with Crippen LogP contribution in [0.3, 0.4) is 0 Å². The van der Waals surface area contributed by atoms with E-state index in [1.807, 2.05) is 32.0 Å². The first-order chi connectivity index (χ1) is 10.5. The molecule has 0 fully saturated rings. The minimum Gasteiger partial charge on any atom is -0.357 e. The number of carbonyl (C=O) groups is 1. The first-order valence-electron chi connectivity index (χ1n) is 7.15. The standard InChI is InChI=1S/C16H17ClN4O/c1-9-6-13(20-16(18-3)19-9)15(22)21-10(2)7-11-8-12(17)4-5-14(11)21/h4-6,8,10H,7H2,1-3H3,(H,18,19,20). The highest BCUT2D eigenvalue weighted by molar-refractivity contribution is 6.30. The van der Waals surface area contributed by atoms with Gasteiger partial charge in [-0.2, -0.15) is 0 Å². The maximum Gasteiger partial charge on any atom is 0.277 e. The fourth-order valence-corrected chi connectivity index (χ4v) is 3.02. The van der Waals surface area contributed by atoms with Crippen LogP contribution < -0.4 is 10.2 Å². The van der Waals surface area contributed by atoms with Gasteiger partial charge in [-0.05, 0) is 50.1 Å². The fourth-order valence-electron chi connectivity index (χ4n) is 2.82. The molecule has 0 bridgehead atoms. The number of fused-ring (bicyclic) bond motifs is 1. The van der Waals surface area contributed by atoms with Crippen molar-refractivity contribution in [3.63, 3.8) is 0 Å². The number of nitrogens with zero attached hydrogens (tertiary/aromatic N) is 3. The quantitative estimate of drug-likeness (QED) is 0.925. The second-order valence-corrected chi connectivity index (χ2v) is 5.91. The number of carbonyl (C=O) groups excluding carboxylic acids is 1. The van der Waals surface area contributed by atoms with Crippen LogP contribution in [0.1, 0.15) is 28.7 Å². The molecule has 0 spiro atoms. The molecule has 1 atom stereocenters. The Labute approximate surface area is 134 Å². The number of aryl methyl sites for hydroxylation is 1. The van der Waals surface area contributed by atoms with Crippen molar-refractivity contribution >= 4 is 29.1 Å². The maximum atomic E-state index is 12.9. The number of aromatic nitrogens is 2. The summed E-state index contributed by atoms with van der Waals surface area (Å²) >= 11 is 6.04. The van der Waals surface area contributed by atoms with Gasteiger partial charge in [0.2, 0.25) is 5.95 Å². The monoisotopic (exact) mass is 316 g/mol. The van der Waals surface area contributed by atoms with Crippen LogP contribution in [-0.4, -0.2) is 29.0 Å². The third kappa shape index (κ3) is 2.52. The van der Waals surface area contributed by atoms with Crippen molar-refractivity contribution < 1.29 is 4.79 Å². The Balaban J connectivity index is 2.01. The molecule has 0 saturated carbocycles. The molecule has 1 aliphatic rings. The van der Waals surface area contributed by atoms with Crippen LogP contribution in [0.15, 0.2) is 24.3 Å². The molecule has 1 amide bonds. The molecule has 22 heavy (non-hydrogen) atoms. The average molecular weight is 317 g/mol. The molecule has 0 radical (unpaired) electrons. The van der Waals surface area contributed by atoms with E-state index >= 15 is 0 Å². The third-order valence-electron chi connectivity index (χ3n) is 3.77. The smallest absolute Gasteiger partial charge is 0.277 e. The van der Waals surface area contributed by atoms with E-state index in [1.54, 1.807) is 18.0 Å². The summed E-state index contributed by atoms with van der Waals surface area (Å²) in [5, 5.41) is 3.57. The zero-order valence-corrected chi connectivity index (χ0v) is 13.5. The molecule has 1 aromatic carbocycles. The van der Waals surface area contributed by atoms with Gasteiger partial charge in [0.25, 0.3) is 5.91 Å². The third-order valence-corrected chi connectivity index (χ3v) is 4.01. The normalized spacial score (nSPS) is 16.5. The molecule has 5 nitrogen and oxygen atoms in total. The van der Waals surface area contributed by atoms with Crippen LogP contribution in [0.4, 0.5) is 11.6 Å². The van der Waals surface area contributed by atoms with Gasteiger partial charge < -0.3 is 10.2 Å². The van der Waals surface area contributed by atoms with Crippen molar-refractivity contribution in [1.82, 2.24) is 9.97 Å². The summed E-state index contributed by atoms with van der Waals surface area (Å²) in [5.41, 5.74) is 3.15. The predicted octanol–water partition coefficient (Wildman–Crippen LogP) is 3.07. The van der Waals surface area contributed by atoms with E-state index < -0.39 is 0 Å². The van der Waals surface area contributed by atoms with E-state index in [1.165, 1.54) is 0 Å². The molecular weight excluding hydrogens is 300 g/mol. The molecule has 2 heterocycles. The lowest BCUT2D eigenvalue weighted by Crippen LogP contribution is -2.36. The highest BCUT2D eigenvalue weighted by Crippen LogP contribution is 2.34. The van der Waals surface area contributed by atoms with Gasteiger partial charge in [0.05, 0.1) is 0 Å². The van der Waals surface area contributed by atoms with E-state index in [-0.39, 0.29) is 11.9 Å². The molecule has 0 saturated heterocycles. The van der Waals surface area contributed by atoms with E-state index in [0.717, 1.165) is 23.4 Å². The van der Waals surface area contributed by atoms with Crippen molar-refractivity contribution in [3.05, 3.63) is 46.2 Å². The zero-order chi connectivity index (χ0) is 15.9. The van der Waals surface area contributed by atoms with Gasteiger partial charge in [-0.1, -0.05) is 11.6 Å². The van der Waals surface area contributed by atoms with Gasteiger partial charge in [0.1, 0.15) is 5.69 Å². The number of hydrogen-bond donors (Lipinski definition) is 1. The Morgan fingerprint density at radius 3 is 2.86 bits per heavy atom. The molecule has 3 rings (SSSR count). The summed E-state index contributed by atoms with van der Waals surface area (Å²) in [7, 11) is 1.73. The molecule has 1 N–H and O–H groups in total. The molecular formula is C16H17ClN4O. The number of hydrogen-bond acceptors (Lipinski definition) is 4. The summed E-state index contributed by atoms with van der Waals surface area (Å²) in [6.45, 7) is 3.87. The summed E-state index contributed by atoms with van der Waals surface area (Å²) in [6.07, 6.45) is 0.796. The Hall–Kier alpha value is -2.14. The number of benzene rings is 1. The molecule has 1 aliphatic heterocycles. The molecule has 1 aromatic heterocycles. The highest BCUT2D eigenvalue weighted by atomic mass is 35.5. The van der Waals surface area contributed by atoms with Crippen molar-refractivity contribution in [2.45, 2.75) is 26.3 Å². The van der Waals surface area contributed by atoms with Crippen LogP contribution in [0.25, 0.3) is 0 Å². The first-order valence-corrected chi connectivity index (χ1v) is 7.53. The summed E-state index contributed by atoms with van der Waals surface area (Å²) in [4.78, 5) is 23.2. The van der Waals surface area contributed by atoms with Gasteiger partial charge >= 0.3 is 0 Å². The van der Waals surface area contributed by atoms with Crippen LogP contribution in [0.5, 0.6) is 0 Å². The zero-order valence-electron chi connectivity index (χ0n) is 12.7. The number of anilines is 2. The second-order valence-electron chi connectivity index (χ2n) is 5.47. The Bertz CT molecular complexity index is 747.